The van der Waals surface area contributed by atoms with E-state index < -0.39 is 0 Å². The SMILES string of the molecule is O=C(Cn1cnc2c(cnn2CCO)c1=O)N1CCCc2ccccc21. The Morgan fingerprint density at radius 1 is 1.27 bits per heavy atom. The zero-order chi connectivity index (χ0) is 18.1. The topological polar surface area (TPSA) is 93.2 Å². The molecule has 8 nitrogen and oxygen atoms in total. The van der Waals surface area contributed by atoms with Crippen LogP contribution >= 0.6 is 0 Å². The van der Waals surface area contributed by atoms with Gasteiger partial charge in [-0.05, 0) is 24.5 Å². The third kappa shape index (κ3) is 2.78. The van der Waals surface area contributed by atoms with Gasteiger partial charge in [0.2, 0.25) is 5.91 Å². The summed E-state index contributed by atoms with van der Waals surface area (Å²) in [5.74, 6) is -0.136. The van der Waals surface area contributed by atoms with Crippen LogP contribution in [0.15, 0.2) is 41.6 Å². The number of carbonyl (C=O) groups excluding carboxylic acids is 1. The molecule has 2 aromatic heterocycles. The molecule has 0 saturated heterocycles. The van der Waals surface area contributed by atoms with Crippen LogP contribution in [0.5, 0.6) is 0 Å². The molecule has 0 bridgehead atoms. The molecule has 0 saturated carbocycles. The summed E-state index contributed by atoms with van der Waals surface area (Å²) < 4.78 is 2.79. The molecule has 8 heteroatoms. The zero-order valence-corrected chi connectivity index (χ0v) is 14.2. The van der Waals surface area contributed by atoms with Crippen LogP contribution in [0.1, 0.15) is 12.0 Å². The quantitative estimate of drug-likeness (QED) is 0.740. The molecule has 3 aromatic rings. The first-order valence-corrected chi connectivity index (χ1v) is 8.59. The molecule has 0 aliphatic carbocycles. The fraction of sp³-hybridized carbons (Fsp3) is 0.333. The van der Waals surface area contributed by atoms with E-state index in [1.807, 2.05) is 24.3 Å². The number of hydrogen-bond donors (Lipinski definition) is 1. The van der Waals surface area contributed by atoms with E-state index in [4.69, 9.17) is 5.11 Å². The van der Waals surface area contributed by atoms with Crippen molar-refractivity contribution in [2.24, 2.45) is 0 Å². The van der Waals surface area contributed by atoms with Crippen molar-refractivity contribution in [3.8, 4) is 0 Å². The van der Waals surface area contributed by atoms with E-state index in [0.717, 1.165) is 24.1 Å². The lowest BCUT2D eigenvalue weighted by Gasteiger charge is -2.29. The van der Waals surface area contributed by atoms with Gasteiger partial charge in [0.05, 0.1) is 19.3 Å². The normalized spacial score (nSPS) is 13.8. The highest BCUT2D eigenvalue weighted by atomic mass is 16.3. The van der Waals surface area contributed by atoms with E-state index in [-0.39, 0.29) is 31.2 Å². The molecule has 1 amide bonds. The third-order valence-electron chi connectivity index (χ3n) is 4.65. The first-order valence-electron chi connectivity index (χ1n) is 8.59. The van der Waals surface area contributed by atoms with Crippen LogP contribution in [0.2, 0.25) is 0 Å². The van der Waals surface area contributed by atoms with E-state index in [0.29, 0.717) is 17.6 Å². The van der Waals surface area contributed by atoms with Gasteiger partial charge in [0, 0.05) is 12.2 Å². The zero-order valence-electron chi connectivity index (χ0n) is 14.2. The number of hydrogen-bond acceptors (Lipinski definition) is 5. The van der Waals surface area contributed by atoms with Gasteiger partial charge in [0.1, 0.15) is 18.3 Å². The average molecular weight is 353 g/mol. The molecule has 0 spiro atoms. The first-order chi connectivity index (χ1) is 12.7. The maximum Gasteiger partial charge on any atom is 0.264 e. The maximum atomic E-state index is 12.8. The molecule has 0 radical (unpaired) electrons. The van der Waals surface area contributed by atoms with E-state index in [9.17, 15) is 9.59 Å². The van der Waals surface area contributed by atoms with Crippen molar-refractivity contribution < 1.29 is 9.90 Å². The molecular formula is C18H19N5O3. The van der Waals surface area contributed by atoms with Crippen LogP contribution < -0.4 is 10.5 Å². The van der Waals surface area contributed by atoms with E-state index in [2.05, 4.69) is 10.1 Å². The molecule has 1 aliphatic rings. The second-order valence-electron chi connectivity index (χ2n) is 6.28. The Kier molecular flexibility index (Phi) is 4.26. The third-order valence-corrected chi connectivity index (χ3v) is 4.65. The summed E-state index contributed by atoms with van der Waals surface area (Å²) in [5.41, 5.74) is 2.17. The van der Waals surface area contributed by atoms with Crippen LogP contribution in [0, 0.1) is 0 Å². The Labute approximate surface area is 149 Å². The number of aryl methyl sites for hydroxylation is 1. The lowest BCUT2D eigenvalue weighted by molar-refractivity contribution is -0.119. The molecule has 0 fully saturated rings. The van der Waals surface area contributed by atoms with Crippen molar-refractivity contribution >= 4 is 22.6 Å². The predicted octanol–water partition coefficient (Wildman–Crippen LogP) is 0.565. The number of aliphatic hydroxyl groups is 1. The smallest absolute Gasteiger partial charge is 0.264 e. The lowest BCUT2D eigenvalue weighted by atomic mass is 10.0. The molecule has 4 rings (SSSR count). The second kappa shape index (κ2) is 6.72. The van der Waals surface area contributed by atoms with Gasteiger partial charge >= 0.3 is 0 Å². The Morgan fingerprint density at radius 2 is 2.12 bits per heavy atom. The van der Waals surface area contributed by atoms with E-state index >= 15 is 0 Å². The summed E-state index contributed by atoms with van der Waals surface area (Å²) in [6, 6.07) is 7.86. The van der Waals surface area contributed by atoms with Gasteiger partial charge in [-0.25, -0.2) is 9.67 Å². The van der Waals surface area contributed by atoms with Gasteiger partial charge in [0.25, 0.3) is 5.56 Å². The summed E-state index contributed by atoms with van der Waals surface area (Å²) in [4.78, 5) is 31.4. The summed E-state index contributed by atoms with van der Waals surface area (Å²) in [7, 11) is 0. The summed E-state index contributed by atoms with van der Waals surface area (Å²) >= 11 is 0. The number of para-hydroxylation sites is 1. The molecule has 134 valence electrons. The van der Waals surface area contributed by atoms with Gasteiger partial charge in [-0.15, -0.1) is 0 Å². The lowest BCUT2D eigenvalue weighted by Crippen LogP contribution is -2.39. The number of rotatable bonds is 4. The van der Waals surface area contributed by atoms with Gasteiger partial charge in [0.15, 0.2) is 5.65 Å². The Balaban J connectivity index is 1.63. The molecule has 1 aliphatic heterocycles. The van der Waals surface area contributed by atoms with Crippen LogP contribution in [-0.4, -0.2) is 43.5 Å². The molecule has 3 heterocycles. The van der Waals surface area contributed by atoms with Crippen LogP contribution in [-0.2, 0) is 24.3 Å². The van der Waals surface area contributed by atoms with Crippen molar-refractivity contribution in [2.45, 2.75) is 25.9 Å². The van der Waals surface area contributed by atoms with Gasteiger partial charge in [-0.1, -0.05) is 18.2 Å². The predicted molar refractivity (Wildman–Crippen MR) is 96.0 cm³/mol. The largest absolute Gasteiger partial charge is 0.394 e. The molecule has 0 atom stereocenters. The van der Waals surface area contributed by atoms with Crippen molar-refractivity contribution in [2.75, 3.05) is 18.1 Å². The second-order valence-corrected chi connectivity index (χ2v) is 6.28. The number of aliphatic hydroxyl groups excluding tert-OH is 1. The molecular weight excluding hydrogens is 334 g/mol. The summed E-state index contributed by atoms with van der Waals surface area (Å²) in [6.45, 7) is 0.758. The number of fused-ring (bicyclic) bond motifs is 2. The summed E-state index contributed by atoms with van der Waals surface area (Å²) in [5, 5.41) is 13.5. The summed E-state index contributed by atoms with van der Waals surface area (Å²) in [6.07, 6.45) is 4.66. The monoisotopic (exact) mass is 353 g/mol. The van der Waals surface area contributed by atoms with Crippen molar-refractivity contribution in [3.05, 3.63) is 52.7 Å². The van der Waals surface area contributed by atoms with Crippen LogP contribution in [0.25, 0.3) is 11.0 Å². The first kappa shape index (κ1) is 16.5. The van der Waals surface area contributed by atoms with Crippen molar-refractivity contribution in [1.29, 1.82) is 0 Å². The highest BCUT2D eigenvalue weighted by Crippen LogP contribution is 2.26. The standard InChI is InChI=1S/C18H19N5O3/c24-9-8-23-17-14(10-20-23)18(26)21(12-19-17)11-16(25)22-7-3-5-13-4-1-2-6-15(13)22/h1-2,4,6,10,12,24H,3,5,7-9,11H2. The fourth-order valence-electron chi connectivity index (χ4n) is 3.39. The van der Waals surface area contributed by atoms with E-state index in [1.54, 1.807) is 4.90 Å². The molecule has 0 unspecified atom stereocenters. The fourth-order valence-corrected chi connectivity index (χ4v) is 3.39. The minimum absolute atomic E-state index is 0.0682. The highest BCUT2D eigenvalue weighted by Gasteiger charge is 2.23. The number of amides is 1. The molecule has 1 aromatic carbocycles. The van der Waals surface area contributed by atoms with Gasteiger partial charge < -0.3 is 10.0 Å². The number of carbonyl (C=O) groups is 1. The van der Waals surface area contributed by atoms with Crippen molar-refractivity contribution in [3.63, 3.8) is 0 Å². The number of anilines is 1. The Bertz CT molecular complexity index is 1020. The average Bonchev–Trinajstić information content (AvgIpc) is 3.07. The maximum absolute atomic E-state index is 12.8. The molecule has 1 N–H and O–H groups in total. The highest BCUT2D eigenvalue weighted by molar-refractivity contribution is 5.94. The Hall–Kier alpha value is -3.00. The van der Waals surface area contributed by atoms with Crippen LogP contribution in [0.4, 0.5) is 5.69 Å². The van der Waals surface area contributed by atoms with Crippen LogP contribution in [0.3, 0.4) is 0 Å². The minimum Gasteiger partial charge on any atom is -0.394 e. The number of benzene rings is 1. The van der Waals surface area contributed by atoms with Gasteiger partial charge in [-0.3, -0.25) is 14.2 Å². The number of aromatic nitrogens is 4. The van der Waals surface area contributed by atoms with Crippen molar-refractivity contribution in [1.82, 2.24) is 19.3 Å². The minimum atomic E-state index is -0.308. The van der Waals surface area contributed by atoms with E-state index in [1.165, 1.54) is 21.8 Å². The molecule has 26 heavy (non-hydrogen) atoms. The van der Waals surface area contributed by atoms with Gasteiger partial charge in [-0.2, -0.15) is 5.10 Å². The number of nitrogens with zero attached hydrogens (tertiary/aromatic N) is 5. The Morgan fingerprint density at radius 3 is 2.96 bits per heavy atom.